The number of alkyl halides is 6. The Morgan fingerprint density at radius 2 is 1.60 bits per heavy atom. The van der Waals surface area contributed by atoms with Gasteiger partial charge in [-0.1, -0.05) is 24.3 Å². The molecule has 1 aromatic rings. The first-order valence-electron chi connectivity index (χ1n) is 5.65. The summed E-state index contributed by atoms with van der Waals surface area (Å²) in [7, 11) is 0. The summed E-state index contributed by atoms with van der Waals surface area (Å²) in [6, 6.07) is 6.09. The van der Waals surface area contributed by atoms with Crippen LogP contribution in [0.25, 0.3) is 0 Å². The Labute approximate surface area is 110 Å². The lowest BCUT2D eigenvalue weighted by Crippen LogP contribution is -2.47. The standard InChI is InChI=1S/C12H10F6O2/c13-11(14,15)10(12(16,17)18)20-8-5-6-3-1-2-4-7(6)9(8)19/h1-4,8-10,19H,5H2. The lowest BCUT2D eigenvalue weighted by molar-refractivity contribution is -0.335. The highest BCUT2D eigenvalue weighted by Crippen LogP contribution is 2.40. The van der Waals surface area contributed by atoms with Crippen molar-refractivity contribution < 1.29 is 36.2 Å². The molecule has 0 spiro atoms. The van der Waals surface area contributed by atoms with Gasteiger partial charge in [0.25, 0.3) is 0 Å². The molecule has 2 unspecified atom stereocenters. The Balaban J connectivity index is 2.19. The van der Waals surface area contributed by atoms with E-state index < -0.39 is 30.7 Å². The lowest BCUT2D eigenvalue weighted by Gasteiger charge is -2.27. The minimum absolute atomic E-state index is 0.194. The molecule has 2 atom stereocenters. The van der Waals surface area contributed by atoms with E-state index in [1.807, 2.05) is 0 Å². The van der Waals surface area contributed by atoms with Gasteiger partial charge in [-0.25, -0.2) is 0 Å². The molecule has 0 heterocycles. The average molecular weight is 300 g/mol. The van der Waals surface area contributed by atoms with Crippen molar-refractivity contribution in [3.8, 4) is 0 Å². The van der Waals surface area contributed by atoms with E-state index in [9.17, 15) is 31.4 Å². The summed E-state index contributed by atoms with van der Waals surface area (Å²) in [6.07, 6.45) is -18.3. The first kappa shape index (κ1) is 15.1. The van der Waals surface area contributed by atoms with Crippen molar-refractivity contribution >= 4 is 0 Å². The third-order valence-electron chi connectivity index (χ3n) is 3.05. The van der Waals surface area contributed by atoms with E-state index in [4.69, 9.17) is 0 Å². The van der Waals surface area contributed by atoms with Crippen LogP contribution in [-0.2, 0) is 11.2 Å². The van der Waals surface area contributed by atoms with Gasteiger partial charge in [0.15, 0.2) is 0 Å². The molecule has 2 rings (SSSR count). The molecule has 0 saturated heterocycles. The second kappa shape index (κ2) is 4.92. The van der Waals surface area contributed by atoms with Gasteiger partial charge in [0, 0.05) is 6.42 Å². The normalized spacial score (nSPS) is 23.2. The molecule has 0 aromatic heterocycles. The first-order chi connectivity index (χ1) is 9.10. The largest absolute Gasteiger partial charge is 0.423 e. The molecular weight excluding hydrogens is 290 g/mol. The monoisotopic (exact) mass is 300 g/mol. The number of fused-ring (bicyclic) bond motifs is 1. The van der Waals surface area contributed by atoms with Crippen LogP contribution in [0.5, 0.6) is 0 Å². The van der Waals surface area contributed by atoms with Crippen molar-refractivity contribution in [3.63, 3.8) is 0 Å². The molecule has 0 radical (unpaired) electrons. The molecule has 1 aliphatic rings. The first-order valence-corrected chi connectivity index (χ1v) is 5.65. The van der Waals surface area contributed by atoms with Crippen molar-refractivity contribution in [2.24, 2.45) is 0 Å². The molecule has 2 nitrogen and oxygen atoms in total. The van der Waals surface area contributed by atoms with Gasteiger partial charge in [0.05, 0.1) is 6.10 Å². The van der Waals surface area contributed by atoms with Crippen molar-refractivity contribution in [1.82, 2.24) is 0 Å². The van der Waals surface area contributed by atoms with E-state index in [0.29, 0.717) is 11.1 Å². The maximum atomic E-state index is 12.4. The molecule has 0 aliphatic heterocycles. The van der Waals surface area contributed by atoms with Crippen LogP contribution >= 0.6 is 0 Å². The van der Waals surface area contributed by atoms with Gasteiger partial charge in [-0.15, -0.1) is 0 Å². The predicted molar refractivity (Wildman–Crippen MR) is 55.9 cm³/mol. The van der Waals surface area contributed by atoms with Crippen molar-refractivity contribution in [3.05, 3.63) is 35.4 Å². The third kappa shape index (κ3) is 2.90. The number of hydrogen-bond acceptors (Lipinski definition) is 2. The Hall–Kier alpha value is -1.28. The van der Waals surface area contributed by atoms with Gasteiger partial charge >= 0.3 is 12.4 Å². The van der Waals surface area contributed by atoms with Crippen LogP contribution < -0.4 is 0 Å². The molecule has 20 heavy (non-hydrogen) atoms. The van der Waals surface area contributed by atoms with E-state index >= 15 is 0 Å². The highest BCUT2D eigenvalue weighted by atomic mass is 19.4. The zero-order valence-corrected chi connectivity index (χ0v) is 9.87. The number of aliphatic hydroxyl groups is 1. The molecule has 112 valence electrons. The zero-order valence-electron chi connectivity index (χ0n) is 9.87. The Bertz CT molecular complexity index is 468. The summed E-state index contributed by atoms with van der Waals surface area (Å²) in [6.45, 7) is 0. The molecule has 0 saturated carbocycles. The molecule has 0 amide bonds. The van der Waals surface area contributed by atoms with Crippen molar-refractivity contribution in [1.29, 1.82) is 0 Å². The molecule has 8 heteroatoms. The van der Waals surface area contributed by atoms with Gasteiger partial charge in [0.2, 0.25) is 6.10 Å². The van der Waals surface area contributed by atoms with Gasteiger partial charge in [-0.3, -0.25) is 0 Å². The molecular formula is C12H10F6O2. The smallest absolute Gasteiger partial charge is 0.386 e. The van der Waals surface area contributed by atoms with Crippen LogP contribution in [-0.4, -0.2) is 29.7 Å². The third-order valence-corrected chi connectivity index (χ3v) is 3.05. The maximum absolute atomic E-state index is 12.4. The number of benzene rings is 1. The summed E-state index contributed by atoms with van der Waals surface area (Å²) in [5, 5.41) is 9.76. The highest BCUT2D eigenvalue weighted by Gasteiger charge is 2.59. The number of rotatable bonds is 2. The van der Waals surface area contributed by atoms with Crippen LogP contribution in [0.3, 0.4) is 0 Å². The Kier molecular flexibility index (Phi) is 3.72. The van der Waals surface area contributed by atoms with Crippen LogP contribution in [0.2, 0.25) is 0 Å². The van der Waals surface area contributed by atoms with Crippen molar-refractivity contribution in [2.45, 2.75) is 37.1 Å². The molecule has 1 aromatic carbocycles. The van der Waals surface area contributed by atoms with E-state index in [2.05, 4.69) is 4.74 Å². The van der Waals surface area contributed by atoms with Gasteiger partial charge < -0.3 is 9.84 Å². The average Bonchev–Trinajstić information content (AvgIpc) is 2.61. The Morgan fingerprint density at radius 1 is 1.05 bits per heavy atom. The second-order valence-corrected chi connectivity index (χ2v) is 4.49. The van der Waals surface area contributed by atoms with Gasteiger partial charge in [0.1, 0.15) is 6.10 Å². The molecule has 0 bridgehead atoms. The number of aliphatic hydroxyl groups excluding tert-OH is 1. The van der Waals surface area contributed by atoms with Gasteiger partial charge in [-0.2, -0.15) is 26.3 Å². The van der Waals surface area contributed by atoms with Crippen LogP contribution in [0.1, 0.15) is 17.2 Å². The quantitative estimate of drug-likeness (QED) is 0.850. The fourth-order valence-electron chi connectivity index (χ4n) is 2.17. The van der Waals surface area contributed by atoms with Crippen LogP contribution in [0.15, 0.2) is 24.3 Å². The number of hydrogen-bond donors (Lipinski definition) is 1. The van der Waals surface area contributed by atoms with Crippen LogP contribution in [0, 0.1) is 0 Å². The molecule has 1 N–H and O–H groups in total. The SMILES string of the molecule is OC1c2ccccc2CC1OC(C(F)(F)F)C(F)(F)F. The fraction of sp³-hybridized carbons (Fsp3) is 0.500. The topological polar surface area (TPSA) is 29.5 Å². The summed E-state index contributed by atoms with van der Waals surface area (Å²) in [4.78, 5) is 0. The lowest BCUT2D eigenvalue weighted by atomic mass is 10.1. The van der Waals surface area contributed by atoms with E-state index in [-0.39, 0.29) is 6.42 Å². The second-order valence-electron chi connectivity index (χ2n) is 4.49. The summed E-state index contributed by atoms with van der Waals surface area (Å²) in [5.41, 5.74) is 0.772. The summed E-state index contributed by atoms with van der Waals surface area (Å²) >= 11 is 0. The molecule has 1 aliphatic carbocycles. The highest BCUT2D eigenvalue weighted by molar-refractivity contribution is 5.35. The Morgan fingerprint density at radius 3 is 2.10 bits per heavy atom. The molecule has 0 fully saturated rings. The van der Waals surface area contributed by atoms with E-state index in [1.54, 1.807) is 6.07 Å². The summed E-state index contributed by atoms with van der Waals surface area (Å²) in [5.74, 6) is 0. The minimum atomic E-state index is -5.58. The number of ether oxygens (including phenoxy) is 1. The predicted octanol–water partition coefficient (Wildman–Crippen LogP) is 3.15. The van der Waals surface area contributed by atoms with E-state index in [1.165, 1.54) is 18.2 Å². The number of halogens is 6. The zero-order chi connectivity index (χ0) is 15.1. The van der Waals surface area contributed by atoms with Gasteiger partial charge in [-0.05, 0) is 11.1 Å². The van der Waals surface area contributed by atoms with E-state index in [0.717, 1.165) is 0 Å². The minimum Gasteiger partial charge on any atom is -0.386 e. The van der Waals surface area contributed by atoms with Crippen molar-refractivity contribution in [2.75, 3.05) is 0 Å². The maximum Gasteiger partial charge on any atom is 0.423 e. The van der Waals surface area contributed by atoms with Crippen LogP contribution in [0.4, 0.5) is 26.3 Å². The fourth-order valence-corrected chi connectivity index (χ4v) is 2.17. The summed E-state index contributed by atoms with van der Waals surface area (Å²) < 4.78 is 78.5.